The predicted molar refractivity (Wildman–Crippen MR) is 77.6 cm³/mol. The maximum atomic E-state index is 13.2. The molecular formula is C14H12BrClFN. The van der Waals surface area contributed by atoms with E-state index in [0.717, 1.165) is 10.0 Å². The number of nitrogens with one attached hydrogen (secondary N) is 1. The number of benzene rings is 2. The molecule has 1 atom stereocenters. The molecule has 0 amide bonds. The maximum absolute atomic E-state index is 13.2. The second-order valence-electron chi connectivity index (χ2n) is 4.05. The monoisotopic (exact) mass is 327 g/mol. The first kappa shape index (κ1) is 13.4. The van der Waals surface area contributed by atoms with Crippen molar-refractivity contribution in [3.63, 3.8) is 0 Å². The normalized spacial score (nSPS) is 12.2. The zero-order chi connectivity index (χ0) is 13.1. The van der Waals surface area contributed by atoms with Gasteiger partial charge in [0.25, 0.3) is 0 Å². The maximum Gasteiger partial charge on any atom is 0.125 e. The lowest BCUT2D eigenvalue weighted by atomic mass is 10.1. The first-order chi connectivity index (χ1) is 8.56. The summed E-state index contributed by atoms with van der Waals surface area (Å²) in [6.45, 7) is 2.00. The Kier molecular flexibility index (Phi) is 4.25. The summed E-state index contributed by atoms with van der Waals surface area (Å²) in [5, 5.41) is 3.71. The van der Waals surface area contributed by atoms with Crippen LogP contribution in [-0.4, -0.2) is 0 Å². The first-order valence-electron chi connectivity index (χ1n) is 5.53. The zero-order valence-electron chi connectivity index (χ0n) is 9.75. The minimum atomic E-state index is -0.302. The molecule has 94 valence electrons. The van der Waals surface area contributed by atoms with Crippen LogP contribution in [-0.2, 0) is 0 Å². The summed E-state index contributed by atoms with van der Waals surface area (Å²) < 4.78 is 14.2. The summed E-state index contributed by atoms with van der Waals surface area (Å²) in [5.41, 5.74) is 1.70. The highest BCUT2D eigenvalue weighted by atomic mass is 79.9. The van der Waals surface area contributed by atoms with Crippen LogP contribution < -0.4 is 5.32 Å². The van der Waals surface area contributed by atoms with Crippen molar-refractivity contribution in [1.82, 2.24) is 0 Å². The summed E-state index contributed by atoms with van der Waals surface area (Å²) in [7, 11) is 0. The average molecular weight is 329 g/mol. The topological polar surface area (TPSA) is 12.0 Å². The molecule has 0 saturated heterocycles. The van der Waals surface area contributed by atoms with E-state index >= 15 is 0 Å². The third-order valence-corrected chi connectivity index (χ3v) is 3.47. The molecule has 0 aromatic heterocycles. The van der Waals surface area contributed by atoms with Crippen LogP contribution in [0.4, 0.5) is 10.1 Å². The van der Waals surface area contributed by atoms with E-state index in [9.17, 15) is 4.39 Å². The number of halogens is 3. The molecule has 4 heteroatoms. The van der Waals surface area contributed by atoms with Crippen LogP contribution in [0.2, 0.25) is 5.02 Å². The number of rotatable bonds is 3. The molecule has 0 spiro atoms. The quantitative estimate of drug-likeness (QED) is 0.794. The molecule has 0 bridgehead atoms. The van der Waals surface area contributed by atoms with E-state index in [1.807, 2.05) is 31.2 Å². The van der Waals surface area contributed by atoms with Crippen LogP contribution in [0.5, 0.6) is 0 Å². The molecule has 1 nitrogen and oxygen atoms in total. The van der Waals surface area contributed by atoms with Crippen molar-refractivity contribution in [3.05, 3.63) is 63.3 Å². The largest absolute Gasteiger partial charge is 0.377 e. The Hall–Kier alpha value is -1.06. The second kappa shape index (κ2) is 5.72. The summed E-state index contributed by atoms with van der Waals surface area (Å²) in [4.78, 5) is 0. The lowest BCUT2D eigenvalue weighted by Gasteiger charge is -2.17. The molecular weight excluding hydrogens is 317 g/mol. The summed E-state index contributed by atoms with van der Waals surface area (Å²) >= 11 is 9.45. The van der Waals surface area contributed by atoms with Crippen molar-refractivity contribution in [2.75, 3.05) is 5.32 Å². The van der Waals surface area contributed by atoms with Gasteiger partial charge in [-0.3, -0.25) is 0 Å². The smallest absolute Gasteiger partial charge is 0.125 e. The van der Waals surface area contributed by atoms with Crippen molar-refractivity contribution >= 4 is 33.2 Å². The summed E-state index contributed by atoms with van der Waals surface area (Å²) in [6, 6.07) is 12.3. The first-order valence-corrected chi connectivity index (χ1v) is 6.70. The van der Waals surface area contributed by atoms with Gasteiger partial charge >= 0.3 is 0 Å². The predicted octanol–water partition coefficient (Wildman–Crippen LogP) is 5.41. The van der Waals surface area contributed by atoms with Crippen LogP contribution >= 0.6 is 27.5 Å². The minimum Gasteiger partial charge on any atom is -0.377 e. The third kappa shape index (κ3) is 3.24. The highest BCUT2D eigenvalue weighted by molar-refractivity contribution is 9.10. The number of hydrogen-bond acceptors (Lipinski definition) is 1. The average Bonchev–Trinajstić information content (AvgIpc) is 2.34. The van der Waals surface area contributed by atoms with Gasteiger partial charge in [-0.25, -0.2) is 4.39 Å². The Balaban J connectivity index is 2.21. The molecule has 0 saturated carbocycles. The number of anilines is 1. The van der Waals surface area contributed by atoms with E-state index in [4.69, 9.17) is 11.6 Å². The van der Waals surface area contributed by atoms with E-state index in [0.29, 0.717) is 10.7 Å². The number of hydrogen-bond donors (Lipinski definition) is 1. The highest BCUT2D eigenvalue weighted by Crippen LogP contribution is 2.27. The van der Waals surface area contributed by atoms with E-state index < -0.39 is 0 Å². The molecule has 1 N–H and O–H groups in total. The Morgan fingerprint density at radius 3 is 2.72 bits per heavy atom. The Bertz CT molecular complexity index is 559. The lowest BCUT2D eigenvalue weighted by molar-refractivity contribution is 0.628. The van der Waals surface area contributed by atoms with E-state index in [1.54, 1.807) is 6.07 Å². The van der Waals surface area contributed by atoms with Crippen LogP contribution in [0.25, 0.3) is 0 Å². The van der Waals surface area contributed by atoms with Crippen LogP contribution in [0, 0.1) is 5.82 Å². The zero-order valence-corrected chi connectivity index (χ0v) is 12.1. The molecule has 2 aromatic rings. The molecule has 2 aromatic carbocycles. The van der Waals surface area contributed by atoms with Gasteiger partial charge in [0.15, 0.2) is 0 Å². The van der Waals surface area contributed by atoms with Crippen LogP contribution in [0.1, 0.15) is 18.5 Å². The van der Waals surface area contributed by atoms with E-state index in [2.05, 4.69) is 21.2 Å². The minimum absolute atomic E-state index is 0.0433. The van der Waals surface area contributed by atoms with Crippen molar-refractivity contribution < 1.29 is 4.39 Å². The SMILES string of the molecule is CC(Nc1cc(F)ccc1Cl)c1cccc(Br)c1. The Labute approximate surface area is 119 Å². The Morgan fingerprint density at radius 1 is 1.22 bits per heavy atom. The van der Waals surface area contributed by atoms with Gasteiger partial charge in [0.2, 0.25) is 0 Å². The molecule has 0 heterocycles. The van der Waals surface area contributed by atoms with Gasteiger partial charge in [-0.1, -0.05) is 39.7 Å². The highest BCUT2D eigenvalue weighted by Gasteiger charge is 2.08. The van der Waals surface area contributed by atoms with Gasteiger partial charge in [-0.15, -0.1) is 0 Å². The van der Waals surface area contributed by atoms with Crippen LogP contribution in [0.15, 0.2) is 46.9 Å². The third-order valence-electron chi connectivity index (χ3n) is 2.65. The van der Waals surface area contributed by atoms with Crippen molar-refractivity contribution in [3.8, 4) is 0 Å². The van der Waals surface area contributed by atoms with Gasteiger partial charge in [-0.05, 0) is 42.8 Å². The van der Waals surface area contributed by atoms with E-state index in [-0.39, 0.29) is 11.9 Å². The molecule has 0 radical (unpaired) electrons. The second-order valence-corrected chi connectivity index (χ2v) is 5.37. The molecule has 2 rings (SSSR count). The molecule has 0 aliphatic rings. The van der Waals surface area contributed by atoms with Crippen molar-refractivity contribution in [2.45, 2.75) is 13.0 Å². The Morgan fingerprint density at radius 2 is 2.00 bits per heavy atom. The van der Waals surface area contributed by atoms with Crippen molar-refractivity contribution in [2.24, 2.45) is 0 Å². The van der Waals surface area contributed by atoms with Gasteiger partial charge in [0.05, 0.1) is 10.7 Å². The van der Waals surface area contributed by atoms with Crippen LogP contribution in [0.3, 0.4) is 0 Å². The molecule has 0 fully saturated rings. The van der Waals surface area contributed by atoms with E-state index in [1.165, 1.54) is 12.1 Å². The van der Waals surface area contributed by atoms with Crippen molar-refractivity contribution in [1.29, 1.82) is 0 Å². The van der Waals surface area contributed by atoms with Gasteiger partial charge in [0, 0.05) is 10.5 Å². The summed E-state index contributed by atoms with van der Waals surface area (Å²) in [5.74, 6) is -0.302. The molecule has 18 heavy (non-hydrogen) atoms. The standard InChI is InChI=1S/C14H12BrClFN/c1-9(10-3-2-4-11(15)7-10)18-14-8-12(17)5-6-13(14)16/h2-9,18H,1H3. The lowest BCUT2D eigenvalue weighted by Crippen LogP contribution is -2.07. The van der Waals surface area contributed by atoms with Gasteiger partial charge < -0.3 is 5.32 Å². The van der Waals surface area contributed by atoms with Gasteiger partial charge in [0.1, 0.15) is 5.82 Å². The molecule has 0 aliphatic carbocycles. The molecule has 1 unspecified atom stereocenters. The fraction of sp³-hybridized carbons (Fsp3) is 0.143. The summed E-state index contributed by atoms with van der Waals surface area (Å²) in [6.07, 6.45) is 0. The fourth-order valence-corrected chi connectivity index (χ4v) is 2.29. The fourth-order valence-electron chi connectivity index (χ4n) is 1.70. The molecule has 0 aliphatic heterocycles. The van der Waals surface area contributed by atoms with Gasteiger partial charge in [-0.2, -0.15) is 0 Å².